The van der Waals surface area contributed by atoms with Crippen molar-refractivity contribution in [3.05, 3.63) is 72.4 Å². The number of aromatic nitrogens is 2. The minimum absolute atomic E-state index is 0.211. The van der Waals surface area contributed by atoms with Crippen LogP contribution >= 0.6 is 0 Å². The van der Waals surface area contributed by atoms with Crippen molar-refractivity contribution in [1.82, 2.24) is 10.2 Å². The number of para-hydroxylation sites is 1. The van der Waals surface area contributed by atoms with Crippen molar-refractivity contribution < 1.29 is 4.74 Å². The second-order valence-electron chi connectivity index (χ2n) is 4.33. The van der Waals surface area contributed by atoms with Crippen molar-refractivity contribution >= 4 is 0 Å². The first-order valence-electron chi connectivity index (χ1n) is 6.42. The molecule has 2 aromatic carbocycles. The number of rotatable bonds is 3. The highest BCUT2D eigenvalue weighted by atomic mass is 16.5. The maximum absolute atomic E-state index is 9.09. The van der Waals surface area contributed by atoms with Crippen LogP contribution in [0.2, 0.25) is 0 Å². The van der Waals surface area contributed by atoms with E-state index in [-0.39, 0.29) is 5.88 Å². The molecule has 0 fully saturated rings. The molecule has 0 aliphatic carbocycles. The smallest absolute Gasteiger partial charge is 0.256 e. The Kier molecular flexibility index (Phi) is 3.57. The van der Waals surface area contributed by atoms with E-state index in [4.69, 9.17) is 10.00 Å². The number of nitriles is 1. The molecule has 4 heteroatoms. The van der Waals surface area contributed by atoms with Crippen molar-refractivity contribution in [1.29, 1.82) is 5.26 Å². The van der Waals surface area contributed by atoms with Gasteiger partial charge < -0.3 is 4.74 Å². The lowest BCUT2D eigenvalue weighted by Gasteiger charge is -2.10. The topological polar surface area (TPSA) is 58.8 Å². The van der Waals surface area contributed by atoms with E-state index in [1.807, 2.05) is 60.7 Å². The predicted octanol–water partition coefficient (Wildman–Crippen LogP) is 3.81. The quantitative estimate of drug-likeness (QED) is 0.728. The summed E-state index contributed by atoms with van der Waals surface area (Å²) in [6.07, 6.45) is 1.47. The van der Waals surface area contributed by atoms with Gasteiger partial charge in [-0.1, -0.05) is 48.5 Å². The molecule has 0 saturated heterocycles. The van der Waals surface area contributed by atoms with Crippen LogP contribution < -0.4 is 4.74 Å². The second-order valence-corrected chi connectivity index (χ2v) is 4.33. The Bertz CT molecular complexity index is 794. The van der Waals surface area contributed by atoms with Gasteiger partial charge in [-0.25, -0.2) is 0 Å². The monoisotopic (exact) mass is 273 g/mol. The maximum atomic E-state index is 9.09. The largest absolute Gasteiger partial charge is 0.436 e. The van der Waals surface area contributed by atoms with Gasteiger partial charge >= 0.3 is 0 Å². The third-order valence-electron chi connectivity index (χ3n) is 2.99. The molecule has 0 aliphatic heterocycles. The molecule has 4 nitrogen and oxygen atoms in total. The first-order chi connectivity index (χ1) is 10.4. The number of nitrogens with zero attached hydrogens (tertiary/aromatic N) is 3. The zero-order valence-electron chi connectivity index (χ0n) is 11.1. The molecular formula is C17H11N3O. The van der Waals surface area contributed by atoms with E-state index < -0.39 is 0 Å². The Balaban J connectivity index is 2.03. The fourth-order valence-electron chi connectivity index (χ4n) is 2.00. The Morgan fingerprint density at radius 1 is 0.905 bits per heavy atom. The van der Waals surface area contributed by atoms with E-state index in [2.05, 4.69) is 10.2 Å². The molecule has 0 amide bonds. The number of hydrogen-bond donors (Lipinski definition) is 0. The summed E-state index contributed by atoms with van der Waals surface area (Å²) in [4.78, 5) is 0. The summed E-state index contributed by atoms with van der Waals surface area (Å²) in [6.45, 7) is 0. The van der Waals surface area contributed by atoms with Crippen LogP contribution in [-0.4, -0.2) is 10.2 Å². The van der Waals surface area contributed by atoms with Crippen LogP contribution in [0, 0.1) is 11.3 Å². The summed E-state index contributed by atoms with van der Waals surface area (Å²) < 4.78 is 5.79. The third kappa shape index (κ3) is 2.72. The van der Waals surface area contributed by atoms with Crippen LogP contribution in [0.15, 0.2) is 66.9 Å². The number of ether oxygens (including phenoxy) is 1. The molecule has 100 valence electrons. The van der Waals surface area contributed by atoms with Crippen molar-refractivity contribution in [2.45, 2.75) is 0 Å². The van der Waals surface area contributed by atoms with Crippen LogP contribution in [0.25, 0.3) is 11.1 Å². The van der Waals surface area contributed by atoms with Gasteiger partial charge in [0, 0.05) is 5.56 Å². The molecule has 21 heavy (non-hydrogen) atoms. The number of hydrogen-bond acceptors (Lipinski definition) is 4. The third-order valence-corrected chi connectivity index (χ3v) is 2.99. The minimum atomic E-state index is 0.211. The van der Waals surface area contributed by atoms with Crippen LogP contribution in [0.3, 0.4) is 0 Å². The van der Waals surface area contributed by atoms with Gasteiger partial charge in [0.15, 0.2) is 0 Å². The fourth-order valence-corrected chi connectivity index (χ4v) is 2.00. The van der Waals surface area contributed by atoms with Gasteiger partial charge in [-0.2, -0.15) is 10.4 Å². The van der Waals surface area contributed by atoms with E-state index in [9.17, 15) is 0 Å². The van der Waals surface area contributed by atoms with E-state index in [1.54, 1.807) is 6.07 Å². The Morgan fingerprint density at radius 3 is 2.48 bits per heavy atom. The molecule has 0 N–H and O–H groups in total. The molecule has 3 rings (SSSR count). The fraction of sp³-hybridized carbons (Fsp3) is 0. The van der Waals surface area contributed by atoms with Crippen molar-refractivity contribution in [2.75, 3.05) is 0 Å². The second kappa shape index (κ2) is 5.85. The molecule has 1 aromatic heterocycles. The number of benzene rings is 2. The molecule has 0 bridgehead atoms. The summed E-state index contributed by atoms with van der Waals surface area (Å²) in [5.74, 6) is 0.851. The van der Waals surface area contributed by atoms with E-state index >= 15 is 0 Å². The first kappa shape index (κ1) is 12.8. The van der Waals surface area contributed by atoms with Gasteiger partial charge in [0.1, 0.15) is 17.4 Å². The highest BCUT2D eigenvalue weighted by molar-refractivity contribution is 5.70. The molecule has 0 radical (unpaired) electrons. The van der Waals surface area contributed by atoms with Gasteiger partial charge in [0.05, 0.1) is 6.20 Å². The lowest BCUT2D eigenvalue weighted by Crippen LogP contribution is -1.95. The Hall–Kier alpha value is -3.19. The molecule has 0 unspecified atom stereocenters. The standard InChI is InChI=1S/C17H11N3O/c18-12-14-10-11-19-20-17(14)21-16-9-5-4-8-15(16)13-6-2-1-3-7-13/h1-11H. The average Bonchev–Trinajstić information content (AvgIpc) is 2.57. The average molecular weight is 273 g/mol. The van der Waals surface area contributed by atoms with Crippen molar-refractivity contribution in [3.8, 4) is 28.8 Å². The van der Waals surface area contributed by atoms with Crippen LogP contribution in [0.4, 0.5) is 0 Å². The molecule has 3 aromatic rings. The van der Waals surface area contributed by atoms with E-state index in [1.165, 1.54) is 6.20 Å². The Morgan fingerprint density at radius 2 is 1.67 bits per heavy atom. The van der Waals surface area contributed by atoms with E-state index in [0.717, 1.165) is 11.1 Å². The van der Waals surface area contributed by atoms with Gasteiger partial charge in [-0.05, 0) is 17.7 Å². The molecule has 1 heterocycles. The molecule has 0 atom stereocenters. The lowest BCUT2D eigenvalue weighted by atomic mass is 10.1. The van der Waals surface area contributed by atoms with Gasteiger partial charge in [0.25, 0.3) is 5.88 Å². The summed E-state index contributed by atoms with van der Waals surface area (Å²) >= 11 is 0. The molecule has 0 aliphatic rings. The Labute approximate surface area is 122 Å². The summed E-state index contributed by atoms with van der Waals surface area (Å²) in [7, 11) is 0. The molecule has 0 saturated carbocycles. The van der Waals surface area contributed by atoms with Gasteiger partial charge in [-0.15, -0.1) is 5.10 Å². The molecule has 0 spiro atoms. The van der Waals surface area contributed by atoms with Crippen LogP contribution in [-0.2, 0) is 0 Å². The van der Waals surface area contributed by atoms with Crippen LogP contribution in [0.1, 0.15) is 5.56 Å². The first-order valence-corrected chi connectivity index (χ1v) is 6.42. The normalized spacial score (nSPS) is 9.86. The van der Waals surface area contributed by atoms with Crippen molar-refractivity contribution in [2.24, 2.45) is 0 Å². The zero-order valence-corrected chi connectivity index (χ0v) is 11.1. The zero-order chi connectivity index (χ0) is 14.5. The minimum Gasteiger partial charge on any atom is -0.436 e. The highest BCUT2D eigenvalue weighted by Gasteiger charge is 2.10. The summed E-state index contributed by atoms with van der Waals surface area (Å²) in [5.41, 5.74) is 2.33. The molecular weight excluding hydrogens is 262 g/mol. The summed E-state index contributed by atoms with van der Waals surface area (Å²) in [6, 6.07) is 21.2. The summed E-state index contributed by atoms with van der Waals surface area (Å²) in [5, 5.41) is 16.7. The maximum Gasteiger partial charge on any atom is 0.256 e. The predicted molar refractivity (Wildman–Crippen MR) is 78.7 cm³/mol. The lowest BCUT2D eigenvalue weighted by molar-refractivity contribution is 0.455. The van der Waals surface area contributed by atoms with Gasteiger partial charge in [-0.3, -0.25) is 0 Å². The highest BCUT2D eigenvalue weighted by Crippen LogP contribution is 2.33. The van der Waals surface area contributed by atoms with Crippen molar-refractivity contribution in [3.63, 3.8) is 0 Å². The van der Waals surface area contributed by atoms with E-state index in [0.29, 0.717) is 11.3 Å². The SMILES string of the molecule is N#Cc1ccnnc1Oc1ccccc1-c1ccccc1. The van der Waals surface area contributed by atoms with Gasteiger partial charge in [0.2, 0.25) is 0 Å². The van der Waals surface area contributed by atoms with Crippen LogP contribution in [0.5, 0.6) is 11.6 Å².